The molecule has 1 aliphatic heterocycles. The first-order chi connectivity index (χ1) is 12.6. The third-order valence-electron chi connectivity index (χ3n) is 4.30. The number of carbonyl (C=O) groups excluding carboxylic acids is 3. The number of nitrogens with one attached hydrogen (secondary N) is 2. The Kier molecular flexibility index (Phi) is 6.90. The minimum atomic E-state index is -0.531. The van der Waals surface area contributed by atoms with E-state index in [1.54, 1.807) is 25.7 Å². The Labute approximate surface area is 158 Å². The summed E-state index contributed by atoms with van der Waals surface area (Å²) in [6, 6.07) is 5.60. The van der Waals surface area contributed by atoms with Gasteiger partial charge in [-0.1, -0.05) is 20.8 Å². The third-order valence-corrected chi connectivity index (χ3v) is 4.30. The van der Waals surface area contributed by atoms with Crippen molar-refractivity contribution in [3.8, 4) is 0 Å². The lowest BCUT2D eigenvalue weighted by molar-refractivity contribution is -0.136. The van der Waals surface area contributed by atoms with Crippen LogP contribution in [0.1, 0.15) is 20.8 Å². The van der Waals surface area contributed by atoms with Crippen LogP contribution in [0, 0.1) is 11.2 Å². The smallest absolute Gasteiger partial charge is 0.242 e. The Balaban J connectivity index is 1.71. The van der Waals surface area contributed by atoms with E-state index in [0.717, 1.165) is 0 Å². The zero-order chi connectivity index (χ0) is 20.0. The number of hydrogen-bond acceptors (Lipinski definition) is 4. The van der Waals surface area contributed by atoms with E-state index in [1.807, 2.05) is 4.90 Å². The summed E-state index contributed by atoms with van der Waals surface area (Å²) in [5, 5.41) is 5.38. The average Bonchev–Trinajstić information content (AvgIpc) is 2.61. The van der Waals surface area contributed by atoms with Crippen LogP contribution >= 0.6 is 0 Å². The third kappa shape index (κ3) is 6.63. The number of hydrogen-bond donors (Lipinski definition) is 2. The fourth-order valence-corrected chi connectivity index (χ4v) is 2.63. The summed E-state index contributed by atoms with van der Waals surface area (Å²) in [7, 11) is 0. The molecule has 0 aliphatic carbocycles. The predicted molar refractivity (Wildman–Crippen MR) is 101 cm³/mol. The highest BCUT2D eigenvalue weighted by Gasteiger charge is 2.25. The minimum Gasteiger partial charge on any atom is -0.347 e. The van der Waals surface area contributed by atoms with Gasteiger partial charge in [0.05, 0.1) is 13.1 Å². The number of rotatable bonds is 5. The van der Waals surface area contributed by atoms with Gasteiger partial charge in [0.2, 0.25) is 17.7 Å². The van der Waals surface area contributed by atoms with Crippen LogP contribution in [0.25, 0.3) is 0 Å². The van der Waals surface area contributed by atoms with Crippen molar-refractivity contribution in [2.75, 3.05) is 44.6 Å². The van der Waals surface area contributed by atoms with E-state index in [2.05, 4.69) is 10.6 Å². The molecule has 1 saturated heterocycles. The molecule has 2 N–H and O–H groups in total. The summed E-state index contributed by atoms with van der Waals surface area (Å²) in [5.41, 5.74) is 0.0152. The molecule has 1 aromatic rings. The predicted octanol–water partition coefficient (Wildman–Crippen LogP) is 1.07. The van der Waals surface area contributed by atoms with Crippen LogP contribution in [-0.4, -0.2) is 66.8 Å². The standard InChI is InChI=1S/C19H27FN4O3/c1-19(2,3)18(27)21-12-17(26)24-10-8-23(9-11-24)13-16(25)22-15-6-4-14(20)5-7-15/h4-7H,8-13H2,1-3H3,(H,21,27)(H,22,25). The Bertz CT molecular complexity index is 677. The lowest BCUT2D eigenvalue weighted by Crippen LogP contribution is -2.53. The van der Waals surface area contributed by atoms with Gasteiger partial charge < -0.3 is 15.5 Å². The molecule has 0 bridgehead atoms. The topological polar surface area (TPSA) is 81.8 Å². The van der Waals surface area contributed by atoms with Gasteiger partial charge in [-0.15, -0.1) is 0 Å². The van der Waals surface area contributed by atoms with Gasteiger partial charge in [-0.05, 0) is 24.3 Å². The van der Waals surface area contributed by atoms with Crippen LogP contribution in [0.15, 0.2) is 24.3 Å². The van der Waals surface area contributed by atoms with Gasteiger partial charge in [0.1, 0.15) is 5.82 Å². The van der Waals surface area contributed by atoms with E-state index in [9.17, 15) is 18.8 Å². The lowest BCUT2D eigenvalue weighted by atomic mass is 9.96. The molecule has 0 unspecified atom stereocenters. The highest BCUT2D eigenvalue weighted by atomic mass is 19.1. The van der Waals surface area contributed by atoms with E-state index in [0.29, 0.717) is 31.9 Å². The summed E-state index contributed by atoms with van der Waals surface area (Å²) >= 11 is 0. The number of benzene rings is 1. The Morgan fingerprint density at radius 1 is 1.04 bits per heavy atom. The van der Waals surface area contributed by atoms with Crippen molar-refractivity contribution >= 4 is 23.4 Å². The monoisotopic (exact) mass is 378 g/mol. The van der Waals surface area contributed by atoms with Gasteiger partial charge in [0.25, 0.3) is 0 Å². The number of halogens is 1. The van der Waals surface area contributed by atoms with Crippen LogP contribution in [0.2, 0.25) is 0 Å². The molecule has 1 aromatic carbocycles. The normalized spacial score (nSPS) is 15.3. The molecule has 8 heteroatoms. The molecule has 7 nitrogen and oxygen atoms in total. The van der Waals surface area contributed by atoms with Crippen molar-refractivity contribution in [2.45, 2.75) is 20.8 Å². The second-order valence-corrected chi connectivity index (χ2v) is 7.64. The van der Waals surface area contributed by atoms with Gasteiger partial charge in [0, 0.05) is 37.3 Å². The van der Waals surface area contributed by atoms with Crippen LogP contribution in [0.5, 0.6) is 0 Å². The molecule has 0 spiro atoms. The lowest BCUT2D eigenvalue weighted by Gasteiger charge is -2.34. The average molecular weight is 378 g/mol. The van der Waals surface area contributed by atoms with Crippen LogP contribution in [0.4, 0.5) is 10.1 Å². The first-order valence-corrected chi connectivity index (χ1v) is 8.99. The fraction of sp³-hybridized carbons (Fsp3) is 0.526. The molecule has 0 aromatic heterocycles. The summed E-state index contributed by atoms with van der Waals surface area (Å²) in [4.78, 5) is 39.8. The number of amides is 3. The minimum absolute atomic E-state index is 0.0127. The van der Waals surface area contributed by atoms with Gasteiger partial charge in [-0.25, -0.2) is 4.39 Å². The van der Waals surface area contributed by atoms with E-state index >= 15 is 0 Å². The van der Waals surface area contributed by atoms with Crippen molar-refractivity contribution < 1.29 is 18.8 Å². The molecule has 1 fully saturated rings. The van der Waals surface area contributed by atoms with E-state index in [-0.39, 0.29) is 36.6 Å². The number of nitrogens with zero attached hydrogens (tertiary/aromatic N) is 2. The first kappa shape index (κ1) is 20.8. The molecule has 2 rings (SSSR count). The van der Waals surface area contributed by atoms with Crippen LogP contribution in [0.3, 0.4) is 0 Å². The largest absolute Gasteiger partial charge is 0.347 e. The maximum Gasteiger partial charge on any atom is 0.242 e. The number of piperazine rings is 1. The second kappa shape index (κ2) is 8.94. The maximum atomic E-state index is 12.9. The maximum absolute atomic E-state index is 12.9. The number of carbonyl (C=O) groups is 3. The van der Waals surface area contributed by atoms with Crippen molar-refractivity contribution in [3.05, 3.63) is 30.1 Å². The van der Waals surface area contributed by atoms with Crippen molar-refractivity contribution in [1.82, 2.24) is 15.1 Å². The molecule has 148 valence electrons. The summed E-state index contributed by atoms with van der Waals surface area (Å²) < 4.78 is 12.9. The molecular weight excluding hydrogens is 351 g/mol. The Morgan fingerprint density at radius 2 is 1.63 bits per heavy atom. The summed E-state index contributed by atoms with van der Waals surface area (Å²) in [6.45, 7) is 7.75. The molecule has 27 heavy (non-hydrogen) atoms. The zero-order valence-corrected chi connectivity index (χ0v) is 16.0. The number of anilines is 1. The Hall–Kier alpha value is -2.48. The highest BCUT2D eigenvalue weighted by Crippen LogP contribution is 2.12. The SMILES string of the molecule is CC(C)(C)C(=O)NCC(=O)N1CCN(CC(=O)Nc2ccc(F)cc2)CC1. The fourth-order valence-electron chi connectivity index (χ4n) is 2.63. The van der Waals surface area contributed by atoms with Crippen LogP contribution < -0.4 is 10.6 Å². The second-order valence-electron chi connectivity index (χ2n) is 7.64. The molecule has 0 atom stereocenters. The molecule has 1 aliphatic rings. The summed E-state index contributed by atoms with van der Waals surface area (Å²) in [5.74, 6) is -0.818. The zero-order valence-electron chi connectivity index (χ0n) is 16.0. The van der Waals surface area contributed by atoms with Crippen molar-refractivity contribution in [3.63, 3.8) is 0 Å². The first-order valence-electron chi connectivity index (χ1n) is 8.99. The van der Waals surface area contributed by atoms with Crippen molar-refractivity contribution in [1.29, 1.82) is 0 Å². The van der Waals surface area contributed by atoms with Gasteiger partial charge in [0.15, 0.2) is 0 Å². The Morgan fingerprint density at radius 3 is 2.19 bits per heavy atom. The highest BCUT2D eigenvalue weighted by molar-refractivity contribution is 5.92. The molecule has 0 radical (unpaired) electrons. The van der Waals surface area contributed by atoms with E-state index < -0.39 is 5.41 Å². The van der Waals surface area contributed by atoms with Crippen molar-refractivity contribution in [2.24, 2.45) is 5.41 Å². The molecular formula is C19H27FN4O3. The molecule has 3 amide bonds. The van der Waals surface area contributed by atoms with Crippen LogP contribution in [-0.2, 0) is 14.4 Å². The van der Waals surface area contributed by atoms with Gasteiger partial charge >= 0.3 is 0 Å². The summed E-state index contributed by atoms with van der Waals surface area (Å²) in [6.07, 6.45) is 0. The van der Waals surface area contributed by atoms with E-state index in [1.165, 1.54) is 24.3 Å². The quantitative estimate of drug-likeness (QED) is 0.803. The van der Waals surface area contributed by atoms with E-state index in [4.69, 9.17) is 0 Å². The molecule has 1 heterocycles. The van der Waals surface area contributed by atoms with Gasteiger partial charge in [-0.2, -0.15) is 0 Å². The molecule has 0 saturated carbocycles. The van der Waals surface area contributed by atoms with Gasteiger partial charge in [-0.3, -0.25) is 19.3 Å².